The van der Waals surface area contributed by atoms with Gasteiger partial charge in [0.15, 0.2) is 5.82 Å². The van der Waals surface area contributed by atoms with Crippen molar-refractivity contribution in [3.63, 3.8) is 0 Å². The highest BCUT2D eigenvalue weighted by Gasteiger charge is 2.29. The van der Waals surface area contributed by atoms with Crippen LogP contribution in [0.4, 0.5) is 4.39 Å². The van der Waals surface area contributed by atoms with Crippen LogP contribution in [0, 0.1) is 5.82 Å². The lowest BCUT2D eigenvalue weighted by Gasteiger charge is -2.25. The first kappa shape index (κ1) is 26.3. The van der Waals surface area contributed by atoms with Crippen LogP contribution in [0.5, 0.6) is 0 Å². The van der Waals surface area contributed by atoms with E-state index < -0.39 is 11.6 Å². The van der Waals surface area contributed by atoms with E-state index in [9.17, 15) is 9.18 Å². The molecule has 0 bridgehead atoms. The molecule has 5 rings (SSSR count). The Hall–Kier alpha value is -4.30. The second-order valence-electron chi connectivity index (χ2n) is 10.5. The number of carbonyl (C=O) groups excluding carboxylic acids is 1. The van der Waals surface area contributed by atoms with Crippen LogP contribution in [0.3, 0.4) is 0 Å². The van der Waals surface area contributed by atoms with Gasteiger partial charge in [-0.25, -0.2) is 4.39 Å². The normalized spacial score (nSPS) is 12.5. The summed E-state index contributed by atoms with van der Waals surface area (Å²) in [7, 11) is 0. The van der Waals surface area contributed by atoms with E-state index >= 15 is 0 Å². The number of hydrogen-bond donors (Lipinski definition) is 3. The highest BCUT2D eigenvalue weighted by molar-refractivity contribution is 5.86. The SMILES string of the molecule is CC(C)(N)C(=O)N[C@H](Cc1c[nH]c2ccccc12)c1nnc(CCc2ccccc2)n1Cc1ccc(F)cc1. The van der Waals surface area contributed by atoms with Crippen molar-refractivity contribution < 1.29 is 9.18 Å². The summed E-state index contributed by atoms with van der Waals surface area (Å²) in [5, 5.41) is 13.4. The van der Waals surface area contributed by atoms with E-state index in [2.05, 4.69) is 38.7 Å². The molecule has 0 aliphatic rings. The Morgan fingerprint density at radius 3 is 2.44 bits per heavy atom. The van der Waals surface area contributed by atoms with Gasteiger partial charge in [0.1, 0.15) is 11.6 Å². The van der Waals surface area contributed by atoms with Gasteiger partial charge in [0.25, 0.3) is 0 Å². The number of aromatic nitrogens is 4. The molecule has 5 aromatic rings. The molecule has 1 atom stereocenters. The number of aryl methyl sites for hydroxylation is 2. The zero-order valence-corrected chi connectivity index (χ0v) is 22.2. The molecule has 2 aromatic heterocycles. The van der Waals surface area contributed by atoms with Gasteiger partial charge in [-0.1, -0.05) is 60.7 Å². The van der Waals surface area contributed by atoms with Crippen LogP contribution in [0.2, 0.25) is 0 Å². The van der Waals surface area contributed by atoms with Gasteiger partial charge in [-0.3, -0.25) is 4.79 Å². The fourth-order valence-electron chi connectivity index (χ4n) is 4.71. The van der Waals surface area contributed by atoms with Crippen LogP contribution in [0.15, 0.2) is 85.1 Å². The number of H-pyrrole nitrogens is 1. The van der Waals surface area contributed by atoms with Crippen molar-refractivity contribution >= 4 is 16.8 Å². The fraction of sp³-hybridized carbons (Fsp3) is 0.258. The van der Waals surface area contributed by atoms with Gasteiger partial charge >= 0.3 is 0 Å². The summed E-state index contributed by atoms with van der Waals surface area (Å²) in [4.78, 5) is 16.4. The smallest absolute Gasteiger partial charge is 0.240 e. The van der Waals surface area contributed by atoms with Gasteiger partial charge in [0.05, 0.1) is 18.1 Å². The number of para-hydroxylation sites is 1. The van der Waals surface area contributed by atoms with E-state index in [-0.39, 0.29) is 11.7 Å². The van der Waals surface area contributed by atoms with Crippen molar-refractivity contribution in [3.8, 4) is 0 Å². The largest absolute Gasteiger partial charge is 0.361 e. The van der Waals surface area contributed by atoms with E-state index in [0.717, 1.165) is 34.3 Å². The number of carbonyl (C=O) groups is 1. The summed E-state index contributed by atoms with van der Waals surface area (Å²) in [5.74, 6) is 0.852. The quantitative estimate of drug-likeness (QED) is 0.243. The molecule has 0 saturated heterocycles. The first-order valence-corrected chi connectivity index (χ1v) is 13.1. The highest BCUT2D eigenvalue weighted by Crippen LogP contribution is 2.26. The second-order valence-corrected chi connectivity index (χ2v) is 10.5. The Morgan fingerprint density at radius 2 is 1.69 bits per heavy atom. The summed E-state index contributed by atoms with van der Waals surface area (Å²) in [6.45, 7) is 3.80. The van der Waals surface area contributed by atoms with E-state index in [1.54, 1.807) is 26.0 Å². The average molecular weight is 525 g/mol. The van der Waals surface area contributed by atoms with Crippen LogP contribution in [-0.4, -0.2) is 31.2 Å². The van der Waals surface area contributed by atoms with Crippen molar-refractivity contribution in [1.29, 1.82) is 0 Å². The number of fused-ring (bicyclic) bond motifs is 1. The van der Waals surface area contributed by atoms with Gasteiger partial charge in [-0.2, -0.15) is 0 Å². The summed E-state index contributed by atoms with van der Waals surface area (Å²) in [6, 6.07) is 24.2. The van der Waals surface area contributed by atoms with Crippen LogP contribution >= 0.6 is 0 Å². The molecule has 3 aromatic carbocycles. The summed E-state index contributed by atoms with van der Waals surface area (Å²) >= 11 is 0. The molecule has 0 fully saturated rings. The van der Waals surface area contributed by atoms with Crippen LogP contribution in [0.1, 0.15) is 48.2 Å². The summed E-state index contributed by atoms with van der Waals surface area (Å²) in [5.41, 5.74) is 9.27. The monoisotopic (exact) mass is 524 g/mol. The molecule has 4 N–H and O–H groups in total. The minimum atomic E-state index is -1.07. The highest BCUT2D eigenvalue weighted by atomic mass is 19.1. The lowest BCUT2D eigenvalue weighted by Crippen LogP contribution is -2.50. The molecular formula is C31H33FN6O. The fourth-order valence-corrected chi connectivity index (χ4v) is 4.71. The molecule has 8 heteroatoms. The Morgan fingerprint density at radius 1 is 0.974 bits per heavy atom. The number of amides is 1. The Bertz CT molecular complexity index is 1550. The molecule has 0 spiro atoms. The molecule has 0 saturated carbocycles. The average Bonchev–Trinajstić information content (AvgIpc) is 3.52. The van der Waals surface area contributed by atoms with Crippen LogP contribution in [0.25, 0.3) is 10.9 Å². The number of nitrogens with two attached hydrogens (primary N) is 1. The molecule has 200 valence electrons. The Balaban J connectivity index is 1.53. The number of benzene rings is 3. The van der Waals surface area contributed by atoms with E-state index in [4.69, 9.17) is 5.73 Å². The first-order chi connectivity index (χ1) is 18.8. The van der Waals surface area contributed by atoms with Gasteiger partial charge in [0, 0.05) is 29.9 Å². The molecule has 7 nitrogen and oxygen atoms in total. The Labute approximate surface area is 227 Å². The maximum atomic E-state index is 13.7. The number of aromatic amines is 1. The number of nitrogens with zero attached hydrogens (tertiary/aromatic N) is 3. The van der Waals surface area contributed by atoms with Crippen LogP contribution in [-0.2, 0) is 30.6 Å². The Kier molecular flexibility index (Phi) is 7.56. The van der Waals surface area contributed by atoms with Gasteiger partial charge < -0.3 is 20.6 Å². The van der Waals surface area contributed by atoms with Crippen LogP contribution < -0.4 is 11.1 Å². The van der Waals surface area contributed by atoms with Gasteiger partial charge in [0.2, 0.25) is 5.91 Å². The number of rotatable bonds is 10. The lowest BCUT2D eigenvalue weighted by molar-refractivity contribution is -0.126. The van der Waals surface area contributed by atoms with Gasteiger partial charge in [-0.05, 0) is 55.2 Å². The molecule has 1 amide bonds. The molecule has 0 unspecified atom stereocenters. The van der Waals surface area contributed by atoms with E-state index in [1.165, 1.54) is 17.7 Å². The predicted octanol–water partition coefficient (Wildman–Crippen LogP) is 4.87. The standard InChI is InChI=1S/C31H33FN6O/c1-31(2,33)30(39)35-27(18-23-19-34-26-11-7-6-10-25(23)26)29-37-36-28(17-14-21-8-4-3-5-9-21)38(29)20-22-12-15-24(32)16-13-22/h3-13,15-16,19,27,34H,14,17-18,20,33H2,1-2H3,(H,35,39)/t27-/m1/s1. The maximum Gasteiger partial charge on any atom is 0.240 e. The summed E-state index contributed by atoms with van der Waals surface area (Å²) < 4.78 is 15.7. The van der Waals surface area contributed by atoms with Crippen molar-refractivity contribution in [1.82, 2.24) is 25.1 Å². The molecular weight excluding hydrogens is 491 g/mol. The first-order valence-electron chi connectivity index (χ1n) is 13.1. The lowest BCUT2D eigenvalue weighted by atomic mass is 10.0. The third-order valence-corrected chi connectivity index (χ3v) is 6.89. The zero-order chi connectivity index (χ0) is 27.4. The molecule has 0 radical (unpaired) electrons. The number of nitrogens with one attached hydrogen (secondary N) is 2. The molecule has 0 aliphatic heterocycles. The minimum absolute atomic E-state index is 0.283. The zero-order valence-electron chi connectivity index (χ0n) is 22.2. The minimum Gasteiger partial charge on any atom is -0.361 e. The number of hydrogen-bond acceptors (Lipinski definition) is 4. The van der Waals surface area contributed by atoms with Gasteiger partial charge in [-0.15, -0.1) is 10.2 Å². The predicted molar refractivity (Wildman–Crippen MR) is 151 cm³/mol. The third kappa shape index (κ3) is 6.23. The molecule has 39 heavy (non-hydrogen) atoms. The molecule has 0 aliphatic carbocycles. The van der Waals surface area contributed by atoms with Crippen molar-refractivity contribution in [2.45, 2.75) is 51.2 Å². The maximum absolute atomic E-state index is 13.7. The van der Waals surface area contributed by atoms with Crippen molar-refractivity contribution in [3.05, 3.63) is 119 Å². The van der Waals surface area contributed by atoms with Crippen molar-refractivity contribution in [2.75, 3.05) is 0 Å². The van der Waals surface area contributed by atoms with E-state index in [1.807, 2.05) is 47.2 Å². The second kappa shape index (κ2) is 11.2. The van der Waals surface area contributed by atoms with E-state index in [0.29, 0.717) is 25.2 Å². The topological polar surface area (TPSA) is 102 Å². The van der Waals surface area contributed by atoms with Crippen molar-refractivity contribution in [2.24, 2.45) is 5.73 Å². The number of halogens is 1. The summed E-state index contributed by atoms with van der Waals surface area (Å²) in [6.07, 6.45) is 3.91. The third-order valence-electron chi connectivity index (χ3n) is 6.89. The molecule has 2 heterocycles.